The van der Waals surface area contributed by atoms with Crippen LogP contribution in [0.4, 0.5) is 0 Å². The van der Waals surface area contributed by atoms with Crippen molar-refractivity contribution in [3.63, 3.8) is 0 Å². The largest absolute Gasteiger partial charge is 0.476 e. The van der Waals surface area contributed by atoms with Crippen molar-refractivity contribution in [1.82, 2.24) is 0 Å². The maximum absolute atomic E-state index is 12.5. The summed E-state index contributed by atoms with van der Waals surface area (Å²) in [4.78, 5) is 33.3. The number of carboxylic acid groups (broad SMARTS) is 1. The van der Waals surface area contributed by atoms with Crippen molar-refractivity contribution in [3.05, 3.63) is 33.9 Å². The summed E-state index contributed by atoms with van der Waals surface area (Å²) in [6.45, 7) is 5.69. The molecule has 9 atom stereocenters. The molecule has 0 heterocycles. The number of carbonyl (C=O) groups is 2. The molecule has 0 amide bonds. The molecule has 0 radical (unpaired) electrons. The van der Waals surface area contributed by atoms with Crippen molar-refractivity contribution in [3.8, 4) is 0 Å². The number of aliphatic hydroxyl groups excluding tert-OH is 3. The highest BCUT2D eigenvalue weighted by molar-refractivity contribution is 5.72. The van der Waals surface area contributed by atoms with Crippen molar-refractivity contribution < 1.29 is 39.7 Å². The van der Waals surface area contributed by atoms with Gasteiger partial charge in [-0.1, -0.05) is 39.0 Å². The molecular weight excluding hydrogens is 434 g/mol. The van der Waals surface area contributed by atoms with Gasteiger partial charge in [0.25, 0.3) is 0 Å². The maximum atomic E-state index is 12.5. The molecule has 186 valence electrons. The minimum Gasteiger partial charge on any atom is -0.476 e. The Kier molecular flexibility index (Phi) is 9.57. The lowest BCUT2D eigenvalue weighted by atomic mass is 9.66. The lowest BCUT2D eigenvalue weighted by Gasteiger charge is -2.43. The normalized spacial score (nSPS) is 30.4. The fourth-order valence-electron chi connectivity index (χ4n) is 4.72. The Morgan fingerprint density at radius 1 is 1.33 bits per heavy atom. The lowest BCUT2D eigenvalue weighted by molar-refractivity contribution is -0.522. The van der Waals surface area contributed by atoms with Gasteiger partial charge in [-0.15, -0.1) is 0 Å². The smallest absolute Gasteiger partial charge is 0.382 e. The minimum absolute atomic E-state index is 0.0407. The molecule has 0 bridgehead atoms. The van der Waals surface area contributed by atoms with Gasteiger partial charge in [-0.3, -0.25) is 14.9 Å². The van der Waals surface area contributed by atoms with Crippen LogP contribution in [0.1, 0.15) is 52.9 Å². The zero-order valence-corrected chi connectivity index (χ0v) is 19.2. The Labute approximate surface area is 193 Å². The molecule has 0 saturated heterocycles. The highest BCUT2D eigenvalue weighted by atomic mass is 16.6. The third-order valence-corrected chi connectivity index (χ3v) is 6.85. The molecular formula is C23H35NO9. The van der Waals surface area contributed by atoms with Crippen molar-refractivity contribution in [2.45, 2.75) is 83.3 Å². The minimum atomic E-state index is -2.20. The third-order valence-electron chi connectivity index (χ3n) is 6.85. The molecule has 10 heteroatoms. The summed E-state index contributed by atoms with van der Waals surface area (Å²) in [7, 11) is 0. The molecule has 2 aliphatic rings. The molecule has 33 heavy (non-hydrogen) atoms. The van der Waals surface area contributed by atoms with E-state index in [1.165, 1.54) is 0 Å². The highest BCUT2D eigenvalue weighted by Gasteiger charge is 2.43. The highest BCUT2D eigenvalue weighted by Crippen LogP contribution is 2.44. The van der Waals surface area contributed by atoms with Gasteiger partial charge in [0.1, 0.15) is 12.2 Å². The SMILES string of the molecule is CC[C@H](C)C(=O)O[C@H]1C[C@H](O)C=C2C=C[C@H](C)[C@H](CC[C@@H](O)C[C@@H](O)C(C(=O)O)[N+](=O)[O-])[C@H]21. The molecule has 0 spiro atoms. The van der Waals surface area contributed by atoms with E-state index in [1.807, 2.05) is 26.0 Å². The number of hydrogen-bond donors (Lipinski definition) is 4. The third kappa shape index (κ3) is 6.84. The molecule has 0 fully saturated rings. The van der Waals surface area contributed by atoms with Crippen LogP contribution in [0, 0.1) is 33.8 Å². The van der Waals surface area contributed by atoms with Crippen LogP contribution in [0.5, 0.6) is 0 Å². The topological polar surface area (TPSA) is 167 Å². The van der Waals surface area contributed by atoms with E-state index in [0.29, 0.717) is 12.8 Å². The first-order valence-corrected chi connectivity index (χ1v) is 11.5. The summed E-state index contributed by atoms with van der Waals surface area (Å²) in [5.41, 5.74) is 0.868. The van der Waals surface area contributed by atoms with Crippen LogP contribution >= 0.6 is 0 Å². The van der Waals surface area contributed by atoms with Crippen molar-refractivity contribution in [2.75, 3.05) is 0 Å². The van der Waals surface area contributed by atoms with Gasteiger partial charge in [0, 0.05) is 23.7 Å². The summed E-state index contributed by atoms with van der Waals surface area (Å²) in [5, 5.41) is 50.4. The van der Waals surface area contributed by atoms with E-state index in [-0.39, 0.29) is 42.5 Å². The van der Waals surface area contributed by atoms with Crippen LogP contribution in [0.2, 0.25) is 0 Å². The van der Waals surface area contributed by atoms with Crippen LogP contribution in [0.25, 0.3) is 0 Å². The Morgan fingerprint density at radius 3 is 2.58 bits per heavy atom. The number of carbonyl (C=O) groups excluding carboxylic acids is 1. The Hall–Kier alpha value is -2.30. The summed E-state index contributed by atoms with van der Waals surface area (Å²) < 4.78 is 5.80. The lowest BCUT2D eigenvalue weighted by Crippen LogP contribution is -2.43. The van der Waals surface area contributed by atoms with E-state index in [0.717, 1.165) is 5.57 Å². The number of aliphatic carboxylic acids is 1. The van der Waals surface area contributed by atoms with E-state index >= 15 is 0 Å². The summed E-state index contributed by atoms with van der Waals surface area (Å²) in [5.74, 6) is -2.48. The monoisotopic (exact) mass is 469 g/mol. The predicted molar refractivity (Wildman–Crippen MR) is 118 cm³/mol. The molecule has 1 unspecified atom stereocenters. The number of carboxylic acids is 1. The summed E-state index contributed by atoms with van der Waals surface area (Å²) in [6, 6.07) is -2.20. The number of ether oxygens (including phenoxy) is 1. The first-order chi connectivity index (χ1) is 15.5. The average molecular weight is 470 g/mol. The van der Waals surface area contributed by atoms with E-state index < -0.39 is 47.8 Å². The number of allylic oxidation sites excluding steroid dienone is 2. The average Bonchev–Trinajstić information content (AvgIpc) is 2.71. The second kappa shape index (κ2) is 11.7. The fraction of sp³-hybridized carbons (Fsp3) is 0.739. The zero-order valence-electron chi connectivity index (χ0n) is 19.2. The van der Waals surface area contributed by atoms with E-state index in [1.54, 1.807) is 13.0 Å². The van der Waals surface area contributed by atoms with Crippen LogP contribution in [-0.2, 0) is 14.3 Å². The van der Waals surface area contributed by atoms with Crippen LogP contribution in [0.3, 0.4) is 0 Å². The number of esters is 1. The Balaban J connectivity index is 2.11. The maximum Gasteiger partial charge on any atom is 0.382 e. The van der Waals surface area contributed by atoms with E-state index in [9.17, 15) is 35.0 Å². The van der Waals surface area contributed by atoms with Crippen molar-refractivity contribution in [1.29, 1.82) is 0 Å². The molecule has 0 aromatic rings. The zero-order chi connectivity index (χ0) is 24.9. The van der Waals surface area contributed by atoms with Crippen molar-refractivity contribution >= 4 is 11.9 Å². The second-order valence-corrected chi connectivity index (χ2v) is 9.26. The molecule has 0 aromatic heterocycles. The van der Waals surface area contributed by atoms with Gasteiger partial charge in [0.05, 0.1) is 18.1 Å². The van der Waals surface area contributed by atoms with Crippen LogP contribution in [-0.4, -0.2) is 67.7 Å². The second-order valence-electron chi connectivity index (χ2n) is 9.26. The Morgan fingerprint density at radius 2 is 2.00 bits per heavy atom. The van der Waals surface area contributed by atoms with Gasteiger partial charge in [0.2, 0.25) is 0 Å². The fourth-order valence-corrected chi connectivity index (χ4v) is 4.72. The summed E-state index contributed by atoms with van der Waals surface area (Å²) >= 11 is 0. The number of nitrogens with zero attached hydrogens (tertiary/aromatic N) is 1. The standard InChI is InChI=1S/C23H35NO9/c1-4-12(2)23(30)33-19-11-16(26)9-14-6-5-13(3)17(20(14)19)8-7-15(25)10-18(27)21(22(28)29)24(31)32/h5-6,9,12-13,15-21,25-27H,4,7-8,10-11H2,1-3H3,(H,28,29)/t12-,13-,15+,16+,17-,18+,19-,20-,21?/m0/s1. The number of rotatable bonds is 11. The number of fused-ring (bicyclic) bond motifs is 1. The quantitative estimate of drug-likeness (QED) is 0.200. The van der Waals surface area contributed by atoms with Crippen molar-refractivity contribution in [2.24, 2.45) is 23.7 Å². The van der Waals surface area contributed by atoms with E-state index in [2.05, 4.69) is 0 Å². The van der Waals surface area contributed by atoms with Crippen LogP contribution in [0.15, 0.2) is 23.8 Å². The van der Waals surface area contributed by atoms with Gasteiger partial charge in [-0.05, 0) is 36.7 Å². The number of aliphatic hydroxyl groups is 3. The van der Waals surface area contributed by atoms with Gasteiger partial charge >= 0.3 is 18.0 Å². The predicted octanol–water partition coefficient (Wildman–Crippen LogP) is 1.70. The van der Waals surface area contributed by atoms with Gasteiger partial charge in [-0.25, -0.2) is 4.79 Å². The molecule has 10 nitrogen and oxygen atoms in total. The first kappa shape index (κ1) is 26.9. The molecule has 4 N–H and O–H groups in total. The van der Waals surface area contributed by atoms with Gasteiger partial charge < -0.3 is 25.2 Å². The number of hydrogen-bond acceptors (Lipinski definition) is 8. The molecule has 2 aliphatic carbocycles. The molecule has 0 aliphatic heterocycles. The van der Waals surface area contributed by atoms with Gasteiger partial charge in [-0.2, -0.15) is 0 Å². The molecule has 2 rings (SSSR count). The van der Waals surface area contributed by atoms with Gasteiger partial charge in [0.15, 0.2) is 0 Å². The first-order valence-electron chi connectivity index (χ1n) is 11.5. The Bertz CT molecular complexity index is 766. The molecule has 0 aromatic carbocycles. The van der Waals surface area contributed by atoms with Crippen LogP contribution < -0.4 is 0 Å². The number of nitro groups is 1. The summed E-state index contributed by atoms with van der Waals surface area (Å²) in [6.07, 6.45) is 2.58. The van der Waals surface area contributed by atoms with E-state index in [4.69, 9.17) is 9.84 Å². The molecule has 0 saturated carbocycles.